The third-order valence-electron chi connectivity index (χ3n) is 1.58. The van der Waals surface area contributed by atoms with Gasteiger partial charge < -0.3 is 9.64 Å². The summed E-state index contributed by atoms with van der Waals surface area (Å²) in [7, 11) is 3.71. The van der Waals surface area contributed by atoms with Crippen LogP contribution in [-0.4, -0.2) is 36.6 Å². The van der Waals surface area contributed by atoms with Crippen molar-refractivity contribution in [2.75, 3.05) is 25.6 Å². The third-order valence-corrected chi connectivity index (χ3v) is 1.58. The van der Waals surface area contributed by atoms with E-state index < -0.39 is 5.97 Å². The van der Waals surface area contributed by atoms with E-state index in [1.54, 1.807) is 6.92 Å². The zero-order valence-corrected chi connectivity index (χ0v) is 8.52. The number of carbonyl (C=O) groups is 1. The summed E-state index contributed by atoms with van der Waals surface area (Å²) in [5.41, 5.74) is 0.234. The van der Waals surface area contributed by atoms with E-state index in [0.717, 1.165) is 0 Å². The molecule has 0 aliphatic carbocycles. The van der Waals surface area contributed by atoms with Crippen LogP contribution in [0.1, 0.15) is 17.4 Å². The normalized spacial score (nSPS) is 9.64. The SMILES string of the molecule is CCOC(=O)c1cnc(N(C)C)cn1. The molecule has 0 N–H and O–H groups in total. The average Bonchev–Trinajstić information content (AvgIpc) is 2.18. The number of carbonyl (C=O) groups excluding carboxylic acids is 1. The monoisotopic (exact) mass is 195 g/mol. The minimum Gasteiger partial charge on any atom is -0.461 e. The molecule has 0 atom stereocenters. The summed E-state index contributed by atoms with van der Waals surface area (Å²) in [6.45, 7) is 2.09. The molecule has 0 spiro atoms. The van der Waals surface area contributed by atoms with Crippen molar-refractivity contribution in [2.45, 2.75) is 6.92 Å². The number of esters is 1. The summed E-state index contributed by atoms with van der Waals surface area (Å²) in [6.07, 6.45) is 2.94. The molecular weight excluding hydrogens is 182 g/mol. The van der Waals surface area contributed by atoms with Crippen LogP contribution >= 0.6 is 0 Å². The van der Waals surface area contributed by atoms with Crippen LogP contribution in [-0.2, 0) is 4.74 Å². The Morgan fingerprint density at radius 2 is 2.14 bits per heavy atom. The molecule has 0 saturated heterocycles. The zero-order valence-electron chi connectivity index (χ0n) is 8.52. The molecule has 1 heterocycles. The second-order valence-corrected chi connectivity index (χ2v) is 2.87. The predicted octanol–water partition coefficient (Wildman–Crippen LogP) is 0.719. The van der Waals surface area contributed by atoms with Gasteiger partial charge in [-0.3, -0.25) is 0 Å². The molecule has 0 radical (unpaired) electrons. The predicted molar refractivity (Wildman–Crippen MR) is 52.3 cm³/mol. The van der Waals surface area contributed by atoms with E-state index in [9.17, 15) is 4.79 Å². The van der Waals surface area contributed by atoms with E-state index >= 15 is 0 Å². The van der Waals surface area contributed by atoms with Crippen molar-refractivity contribution in [1.29, 1.82) is 0 Å². The Labute approximate surface area is 82.7 Å². The molecule has 5 nitrogen and oxygen atoms in total. The van der Waals surface area contributed by atoms with E-state index in [0.29, 0.717) is 12.4 Å². The van der Waals surface area contributed by atoms with Crippen molar-refractivity contribution >= 4 is 11.8 Å². The Bertz CT molecular complexity index is 308. The number of ether oxygens (including phenoxy) is 1. The van der Waals surface area contributed by atoms with E-state index in [1.165, 1.54) is 12.4 Å². The van der Waals surface area contributed by atoms with Crippen LogP contribution in [0, 0.1) is 0 Å². The van der Waals surface area contributed by atoms with Gasteiger partial charge in [-0.1, -0.05) is 0 Å². The molecule has 0 aliphatic heterocycles. The summed E-state index contributed by atoms with van der Waals surface area (Å²) in [5, 5.41) is 0. The highest BCUT2D eigenvalue weighted by Crippen LogP contribution is 2.04. The number of aromatic nitrogens is 2. The van der Waals surface area contributed by atoms with Crippen LogP contribution < -0.4 is 4.90 Å². The molecule has 0 bridgehead atoms. The molecule has 5 heteroatoms. The quantitative estimate of drug-likeness (QED) is 0.665. The smallest absolute Gasteiger partial charge is 0.358 e. The highest BCUT2D eigenvalue weighted by molar-refractivity contribution is 5.86. The van der Waals surface area contributed by atoms with Gasteiger partial charge in [0.2, 0.25) is 0 Å². The largest absolute Gasteiger partial charge is 0.461 e. The van der Waals surface area contributed by atoms with Crippen molar-refractivity contribution in [3.63, 3.8) is 0 Å². The highest BCUT2D eigenvalue weighted by atomic mass is 16.5. The van der Waals surface area contributed by atoms with Gasteiger partial charge in [-0.15, -0.1) is 0 Å². The lowest BCUT2D eigenvalue weighted by atomic mass is 10.4. The van der Waals surface area contributed by atoms with E-state index in [4.69, 9.17) is 4.74 Å². The van der Waals surface area contributed by atoms with Gasteiger partial charge in [0, 0.05) is 14.1 Å². The van der Waals surface area contributed by atoms with Crippen LogP contribution in [0.3, 0.4) is 0 Å². The van der Waals surface area contributed by atoms with Crippen molar-refractivity contribution in [3.05, 3.63) is 18.1 Å². The van der Waals surface area contributed by atoms with Gasteiger partial charge in [0.05, 0.1) is 19.0 Å². The molecule has 0 amide bonds. The third kappa shape index (κ3) is 2.42. The van der Waals surface area contributed by atoms with Gasteiger partial charge in [0.1, 0.15) is 5.82 Å². The van der Waals surface area contributed by atoms with Gasteiger partial charge in [0.15, 0.2) is 5.69 Å². The van der Waals surface area contributed by atoms with Crippen LogP contribution in [0.2, 0.25) is 0 Å². The second kappa shape index (κ2) is 4.55. The average molecular weight is 195 g/mol. The first kappa shape index (κ1) is 10.4. The van der Waals surface area contributed by atoms with E-state index in [2.05, 4.69) is 9.97 Å². The Morgan fingerprint density at radius 1 is 1.43 bits per heavy atom. The highest BCUT2D eigenvalue weighted by Gasteiger charge is 2.08. The minimum atomic E-state index is -0.440. The number of nitrogens with zero attached hydrogens (tertiary/aromatic N) is 3. The topological polar surface area (TPSA) is 55.3 Å². The zero-order chi connectivity index (χ0) is 10.6. The van der Waals surface area contributed by atoms with Gasteiger partial charge in [0.25, 0.3) is 0 Å². The molecule has 76 valence electrons. The molecule has 0 aromatic carbocycles. The lowest BCUT2D eigenvalue weighted by molar-refractivity contribution is 0.0519. The summed E-state index contributed by atoms with van der Waals surface area (Å²) in [5.74, 6) is 0.267. The fraction of sp³-hybridized carbons (Fsp3) is 0.444. The van der Waals surface area contributed by atoms with Crippen LogP contribution in [0.4, 0.5) is 5.82 Å². The number of hydrogen-bond donors (Lipinski definition) is 0. The number of anilines is 1. The lowest BCUT2D eigenvalue weighted by Gasteiger charge is -2.09. The summed E-state index contributed by atoms with van der Waals surface area (Å²) in [4.78, 5) is 21.0. The minimum absolute atomic E-state index is 0.234. The summed E-state index contributed by atoms with van der Waals surface area (Å²) in [6, 6.07) is 0. The Kier molecular flexibility index (Phi) is 3.39. The molecule has 14 heavy (non-hydrogen) atoms. The van der Waals surface area contributed by atoms with E-state index in [1.807, 2.05) is 19.0 Å². The van der Waals surface area contributed by atoms with Gasteiger partial charge in [-0.05, 0) is 6.92 Å². The maximum Gasteiger partial charge on any atom is 0.358 e. The molecule has 1 rings (SSSR count). The molecule has 0 unspecified atom stereocenters. The van der Waals surface area contributed by atoms with Crippen molar-refractivity contribution in [1.82, 2.24) is 9.97 Å². The Morgan fingerprint density at radius 3 is 2.57 bits per heavy atom. The molecule has 0 aliphatic rings. The number of rotatable bonds is 3. The van der Waals surface area contributed by atoms with Gasteiger partial charge in [-0.2, -0.15) is 0 Å². The van der Waals surface area contributed by atoms with Crippen molar-refractivity contribution < 1.29 is 9.53 Å². The number of hydrogen-bond acceptors (Lipinski definition) is 5. The molecular formula is C9H13N3O2. The first-order valence-corrected chi connectivity index (χ1v) is 4.31. The standard InChI is InChI=1S/C9H13N3O2/c1-4-14-9(13)7-5-11-8(6-10-7)12(2)3/h5-6H,4H2,1-3H3. The first-order valence-electron chi connectivity index (χ1n) is 4.31. The van der Waals surface area contributed by atoms with Crippen LogP contribution in [0.5, 0.6) is 0 Å². The van der Waals surface area contributed by atoms with Crippen molar-refractivity contribution in [3.8, 4) is 0 Å². The molecule has 0 fully saturated rings. The molecule has 1 aromatic heterocycles. The fourth-order valence-electron chi connectivity index (χ4n) is 0.863. The van der Waals surface area contributed by atoms with Gasteiger partial charge in [-0.25, -0.2) is 14.8 Å². The van der Waals surface area contributed by atoms with Crippen molar-refractivity contribution in [2.24, 2.45) is 0 Å². The maximum atomic E-state index is 11.2. The second-order valence-electron chi connectivity index (χ2n) is 2.87. The molecule has 0 saturated carbocycles. The van der Waals surface area contributed by atoms with Crippen LogP contribution in [0.25, 0.3) is 0 Å². The lowest BCUT2D eigenvalue weighted by Crippen LogP contribution is -2.13. The Hall–Kier alpha value is -1.65. The molecule has 1 aromatic rings. The van der Waals surface area contributed by atoms with Gasteiger partial charge >= 0.3 is 5.97 Å². The summed E-state index contributed by atoms with van der Waals surface area (Å²) < 4.78 is 4.77. The van der Waals surface area contributed by atoms with Crippen LogP contribution in [0.15, 0.2) is 12.4 Å². The fourth-order valence-corrected chi connectivity index (χ4v) is 0.863. The Balaban J connectivity index is 2.78. The first-order chi connectivity index (χ1) is 6.65. The summed E-state index contributed by atoms with van der Waals surface area (Å²) >= 11 is 0. The van der Waals surface area contributed by atoms with E-state index in [-0.39, 0.29) is 5.69 Å². The maximum absolute atomic E-state index is 11.2.